The fourth-order valence-corrected chi connectivity index (χ4v) is 4.23. The van der Waals surface area contributed by atoms with Gasteiger partial charge in [0.25, 0.3) is 11.8 Å². The molecule has 0 aliphatic heterocycles. The predicted octanol–water partition coefficient (Wildman–Crippen LogP) is 5.98. The molecule has 1 unspecified atom stereocenters. The summed E-state index contributed by atoms with van der Waals surface area (Å²) in [5.41, 5.74) is 4.53. The van der Waals surface area contributed by atoms with Crippen molar-refractivity contribution in [2.24, 2.45) is 11.0 Å². The van der Waals surface area contributed by atoms with E-state index < -0.39 is 17.9 Å². The number of ether oxygens (including phenoxy) is 2. The largest absolute Gasteiger partial charge is 0.490 e. The molecular weight excluding hydrogens is 558 g/mol. The topological polar surface area (TPSA) is 89.0 Å². The van der Waals surface area contributed by atoms with Gasteiger partial charge in [0.05, 0.1) is 27.9 Å². The van der Waals surface area contributed by atoms with Crippen molar-refractivity contribution < 1.29 is 19.1 Å². The summed E-state index contributed by atoms with van der Waals surface area (Å²) in [6, 6.07) is 19.3. The van der Waals surface area contributed by atoms with Gasteiger partial charge in [-0.3, -0.25) is 9.59 Å². The number of carbonyl (C=O) groups excluding carboxylic acids is 2. The number of benzene rings is 3. The molecule has 2 N–H and O–H groups in total. The number of nitrogens with one attached hydrogen (secondary N) is 2. The molecule has 9 heteroatoms. The molecule has 0 aliphatic rings. The lowest BCUT2D eigenvalue weighted by molar-refractivity contribution is -0.123. The van der Waals surface area contributed by atoms with Crippen LogP contribution in [-0.2, 0) is 11.4 Å². The summed E-state index contributed by atoms with van der Waals surface area (Å²) in [6.07, 6.45) is 1.50. The van der Waals surface area contributed by atoms with E-state index in [0.717, 1.165) is 5.56 Å². The second-order valence-corrected chi connectivity index (χ2v) is 9.71. The number of nitrogens with zero attached hydrogens (tertiary/aromatic N) is 1. The summed E-state index contributed by atoms with van der Waals surface area (Å²) in [4.78, 5) is 25.5. The standard InChI is InChI=1S/C28H29BrClN3O4/c1-4-36-24-15-20(14-22(29)26(24)37-17-19-10-6-5-7-11-19)16-31-33-28(35)25(18(2)3)32-27(34)21-12-8-9-13-23(21)30/h5-16,18,25H,4,17H2,1-3H3,(H,32,34)(H,33,35)/b31-16+. The van der Waals surface area contributed by atoms with E-state index in [1.54, 1.807) is 30.3 Å². The molecule has 3 aromatic carbocycles. The Hall–Kier alpha value is -3.36. The lowest BCUT2D eigenvalue weighted by Crippen LogP contribution is -2.48. The number of hydrogen-bond donors (Lipinski definition) is 2. The summed E-state index contributed by atoms with van der Waals surface area (Å²) in [6.45, 7) is 6.39. The molecule has 0 saturated heterocycles. The minimum absolute atomic E-state index is 0.179. The SMILES string of the molecule is CCOc1cc(/C=N/NC(=O)C(NC(=O)c2ccccc2Cl)C(C)C)cc(Br)c1OCc1ccccc1. The van der Waals surface area contributed by atoms with Crippen LogP contribution in [0.15, 0.2) is 76.3 Å². The third kappa shape index (κ3) is 8.06. The Bertz CT molecular complexity index is 1250. The second-order valence-electron chi connectivity index (χ2n) is 8.45. The molecule has 0 heterocycles. The molecule has 0 aromatic heterocycles. The van der Waals surface area contributed by atoms with Gasteiger partial charge in [-0.15, -0.1) is 0 Å². The van der Waals surface area contributed by atoms with Crippen molar-refractivity contribution in [3.63, 3.8) is 0 Å². The molecule has 0 radical (unpaired) electrons. The van der Waals surface area contributed by atoms with E-state index in [-0.39, 0.29) is 5.92 Å². The Kier molecular flexibility index (Phi) is 10.5. The first-order valence-corrected chi connectivity index (χ1v) is 13.0. The van der Waals surface area contributed by atoms with E-state index in [2.05, 4.69) is 31.8 Å². The number of hydrogen-bond acceptors (Lipinski definition) is 5. The van der Waals surface area contributed by atoms with E-state index in [1.807, 2.05) is 57.2 Å². The van der Waals surface area contributed by atoms with Crippen molar-refractivity contribution in [2.45, 2.75) is 33.4 Å². The van der Waals surface area contributed by atoms with Gasteiger partial charge in [0.15, 0.2) is 11.5 Å². The van der Waals surface area contributed by atoms with Crippen LogP contribution in [0.2, 0.25) is 5.02 Å². The number of amides is 2. The third-order valence-electron chi connectivity index (χ3n) is 5.30. The maximum absolute atomic E-state index is 12.8. The average Bonchev–Trinajstić information content (AvgIpc) is 2.87. The van der Waals surface area contributed by atoms with E-state index in [0.29, 0.717) is 45.3 Å². The molecule has 0 saturated carbocycles. The van der Waals surface area contributed by atoms with E-state index in [4.69, 9.17) is 21.1 Å². The van der Waals surface area contributed by atoms with Gasteiger partial charge < -0.3 is 14.8 Å². The van der Waals surface area contributed by atoms with Crippen LogP contribution < -0.4 is 20.2 Å². The number of rotatable bonds is 11. The molecule has 1 atom stereocenters. The molecule has 0 spiro atoms. The minimum atomic E-state index is -0.805. The van der Waals surface area contributed by atoms with Crippen LogP contribution in [0.25, 0.3) is 0 Å². The molecule has 7 nitrogen and oxygen atoms in total. The van der Waals surface area contributed by atoms with Crippen LogP contribution in [0.1, 0.15) is 42.3 Å². The highest BCUT2D eigenvalue weighted by atomic mass is 79.9. The molecule has 2 amide bonds. The second kappa shape index (κ2) is 13.8. The average molecular weight is 587 g/mol. The quantitative estimate of drug-likeness (QED) is 0.214. The van der Waals surface area contributed by atoms with E-state index in [1.165, 1.54) is 6.21 Å². The van der Waals surface area contributed by atoms with Crippen molar-refractivity contribution in [2.75, 3.05) is 6.61 Å². The number of carbonyl (C=O) groups is 2. The zero-order valence-corrected chi connectivity index (χ0v) is 23.2. The molecule has 0 fully saturated rings. The highest BCUT2D eigenvalue weighted by Gasteiger charge is 2.25. The lowest BCUT2D eigenvalue weighted by Gasteiger charge is -2.20. The zero-order chi connectivity index (χ0) is 26.8. The van der Waals surface area contributed by atoms with Crippen molar-refractivity contribution >= 4 is 45.6 Å². The molecule has 3 rings (SSSR count). The van der Waals surface area contributed by atoms with Crippen molar-refractivity contribution in [1.29, 1.82) is 0 Å². The summed E-state index contributed by atoms with van der Waals surface area (Å²) >= 11 is 9.66. The van der Waals surface area contributed by atoms with Gasteiger partial charge in [0.1, 0.15) is 12.6 Å². The Morgan fingerprint density at radius 3 is 2.43 bits per heavy atom. The van der Waals surface area contributed by atoms with Gasteiger partial charge in [-0.1, -0.05) is 67.9 Å². The lowest BCUT2D eigenvalue weighted by atomic mass is 10.0. The van der Waals surface area contributed by atoms with Crippen LogP contribution >= 0.6 is 27.5 Å². The smallest absolute Gasteiger partial charge is 0.262 e. The van der Waals surface area contributed by atoms with Crippen LogP contribution in [0, 0.1) is 5.92 Å². The molecular formula is C28H29BrClN3O4. The van der Waals surface area contributed by atoms with Crippen LogP contribution in [0.5, 0.6) is 11.5 Å². The van der Waals surface area contributed by atoms with Crippen LogP contribution in [0.3, 0.4) is 0 Å². The van der Waals surface area contributed by atoms with Gasteiger partial charge in [-0.05, 0) is 64.2 Å². The number of halogens is 2. The Balaban J connectivity index is 1.69. The maximum Gasteiger partial charge on any atom is 0.262 e. The van der Waals surface area contributed by atoms with Gasteiger partial charge >= 0.3 is 0 Å². The fourth-order valence-electron chi connectivity index (χ4n) is 3.43. The van der Waals surface area contributed by atoms with Crippen molar-refractivity contribution in [3.8, 4) is 11.5 Å². The zero-order valence-electron chi connectivity index (χ0n) is 20.8. The van der Waals surface area contributed by atoms with Crippen LogP contribution in [0.4, 0.5) is 0 Å². The van der Waals surface area contributed by atoms with Gasteiger partial charge in [0.2, 0.25) is 0 Å². The summed E-state index contributed by atoms with van der Waals surface area (Å²) in [5, 5.41) is 7.14. The fraction of sp³-hybridized carbons (Fsp3) is 0.250. The molecule has 0 aliphatic carbocycles. The highest BCUT2D eigenvalue weighted by molar-refractivity contribution is 9.10. The van der Waals surface area contributed by atoms with Crippen molar-refractivity contribution in [3.05, 3.63) is 92.9 Å². The van der Waals surface area contributed by atoms with Crippen LogP contribution in [-0.4, -0.2) is 30.7 Å². The normalized spacial score (nSPS) is 11.8. The first-order chi connectivity index (χ1) is 17.8. The molecule has 0 bridgehead atoms. The first kappa shape index (κ1) is 28.2. The predicted molar refractivity (Wildman–Crippen MR) is 149 cm³/mol. The van der Waals surface area contributed by atoms with Crippen molar-refractivity contribution in [1.82, 2.24) is 10.7 Å². The molecule has 194 valence electrons. The van der Waals surface area contributed by atoms with E-state index >= 15 is 0 Å². The monoisotopic (exact) mass is 585 g/mol. The Labute approximate surface area is 230 Å². The Morgan fingerprint density at radius 2 is 1.76 bits per heavy atom. The number of hydrazone groups is 1. The van der Waals surface area contributed by atoms with Gasteiger partial charge in [0, 0.05) is 0 Å². The van der Waals surface area contributed by atoms with Gasteiger partial charge in [-0.2, -0.15) is 5.10 Å². The maximum atomic E-state index is 12.8. The Morgan fingerprint density at radius 1 is 1.05 bits per heavy atom. The molecule has 37 heavy (non-hydrogen) atoms. The minimum Gasteiger partial charge on any atom is -0.490 e. The molecule has 3 aromatic rings. The highest BCUT2D eigenvalue weighted by Crippen LogP contribution is 2.37. The third-order valence-corrected chi connectivity index (χ3v) is 6.22. The summed E-state index contributed by atoms with van der Waals surface area (Å²) in [5.74, 6) is 0.0708. The summed E-state index contributed by atoms with van der Waals surface area (Å²) in [7, 11) is 0. The van der Waals surface area contributed by atoms with Gasteiger partial charge in [-0.25, -0.2) is 5.43 Å². The summed E-state index contributed by atoms with van der Waals surface area (Å²) < 4.78 is 12.5. The van der Waals surface area contributed by atoms with E-state index in [9.17, 15) is 9.59 Å². The first-order valence-electron chi connectivity index (χ1n) is 11.8.